The van der Waals surface area contributed by atoms with E-state index in [4.69, 9.17) is 5.11 Å². The molecule has 0 aromatic heterocycles. The minimum Gasteiger partial charge on any atom is -0.480 e. The van der Waals surface area contributed by atoms with Gasteiger partial charge < -0.3 is 15.7 Å². The average molecular weight is 278 g/mol. The highest BCUT2D eigenvalue weighted by molar-refractivity contribution is 5.96. The van der Waals surface area contributed by atoms with E-state index < -0.39 is 18.0 Å². The Hall–Kier alpha value is -2.37. The third kappa shape index (κ3) is 4.38. The fourth-order valence-electron chi connectivity index (χ4n) is 1.61. The zero-order chi connectivity index (χ0) is 15.3. The van der Waals surface area contributed by atoms with Gasteiger partial charge in [0.15, 0.2) is 5.78 Å². The molecule has 0 aliphatic heterocycles. The molecule has 0 radical (unpaired) electrons. The molecule has 1 atom stereocenters. The van der Waals surface area contributed by atoms with Crippen LogP contribution in [0, 0.1) is 5.92 Å². The Morgan fingerprint density at radius 2 is 1.65 bits per heavy atom. The Labute approximate surface area is 117 Å². The smallest absolute Gasteiger partial charge is 0.326 e. The molecule has 108 valence electrons. The Morgan fingerprint density at radius 1 is 1.10 bits per heavy atom. The van der Waals surface area contributed by atoms with E-state index in [9.17, 15) is 14.4 Å². The van der Waals surface area contributed by atoms with Gasteiger partial charge in [-0.05, 0) is 37.1 Å². The van der Waals surface area contributed by atoms with E-state index in [2.05, 4.69) is 10.6 Å². The molecule has 0 unspecified atom stereocenters. The predicted octanol–water partition coefficient (Wildman–Crippen LogP) is 2.12. The molecule has 2 amide bonds. The van der Waals surface area contributed by atoms with Gasteiger partial charge in [-0.2, -0.15) is 0 Å². The van der Waals surface area contributed by atoms with Gasteiger partial charge in [0.1, 0.15) is 6.04 Å². The number of hydrogen-bond donors (Lipinski definition) is 3. The summed E-state index contributed by atoms with van der Waals surface area (Å²) in [6, 6.07) is 4.81. The van der Waals surface area contributed by atoms with Crippen LogP contribution in [0.3, 0.4) is 0 Å². The molecule has 0 bridgehead atoms. The van der Waals surface area contributed by atoms with Crippen LogP contribution in [-0.2, 0) is 4.79 Å². The molecule has 0 aliphatic rings. The van der Waals surface area contributed by atoms with Gasteiger partial charge in [-0.15, -0.1) is 0 Å². The predicted molar refractivity (Wildman–Crippen MR) is 74.9 cm³/mol. The van der Waals surface area contributed by atoms with Crippen molar-refractivity contribution in [1.29, 1.82) is 0 Å². The van der Waals surface area contributed by atoms with Gasteiger partial charge in [-0.25, -0.2) is 9.59 Å². The van der Waals surface area contributed by atoms with Gasteiger partial charge in [0.25, 0.3) is 0 Å². The molecule has 0 saturated heterocycles. The lowest BCUT2D eigenvalue weighted by Crippen LogP contribution is -2.46. The number of Topliss-reactive ketones (excluding diaryl/α,β-unsaturated/α-hetero) is 1. The van der Waals surface area contributed by atoms with E-state index in [-0.39, 0.29) is 11.7 Å². The molecular formula is C14H18N2O4. The molecular weight excluding hydrogens is 260 g/mol. The second-order valence-electron chi connectivity index (χ2n) is 4.79. The number of rotatable bonds is 5. The maximum Gasteiger partial charge on any atom is 0.326 e. The Balaban J connectivity index is 2.66. The maximum absolute atomic E-state index is 11.7. The zero-order valence-electron chi connectivity index (χ0n) is 11.6. The highest BCUT2D eigenvalue weighted by Gasteiger charge is 2.23. The maximum atomic E-state index is 11.7. The van der Waals surface area contributed by atoms with Gasteiger partial charge >= 0.3 is 12.0 Å². The van der Waals surface area contributed by atoms with Gasteiger partial charge in [0.05, 0.1) is 0 Å². The standard InChI is InChI=1S/C14H18N2O4/c1-8(2)12(13(18)19)16-14(20)15-11-6-4-10(5-7-11)9(3)17/h4-8,12H,1-3H3,(H,18,19)(H2,15,16,20)/t12-/m1/s1. The molecule has 20 heavy (non-hydrogen) atoms. The van der Waals surface area contributed by atoms with Crippen LogP contribution in [0.25, 0.3) is 0 Å². The molecule has 0 fully saturated rings. The van der Waals surface area contributed by atoms with Gasteiger partial charge in [0.2, 0.25) is 0 Å². The third-order valence-electron chi connectivity index (χ3n) is 2.77. The molecule has 1 aromatic rings. The first-order valence-electron chi connectivity index (χ1n) is 6.22. The number of carbonyl (C=O) groups excluding carboxylic acids is 2. The summed E-state index contributed by atoms with van der Waals surface area (Å²) in [5, 5.41) is 13.9. The molecule has 6 nitrogen and oxygen atoms in total. The Bertz CT molecular complexity index is 508. The quantitative estimate of drug-likeness (QED) is 0.719. The van der Waals surface area contributed by atoms with Crippen LogP contribution in [0.1, 0.15) is 31.1 Å². The van der Waals surface area contributed by atoms with E-state index in [1.165, 1.54) is 6.92 Å². The zero-order valence-corrected chi connectivity index (χ0v) is 11.6. The van der Waals surface area contributed by atoms with Gasteiger partial charge in [-0.3, -0.25) is 4.79 Å². The molecule has 3 N–H and O–H groups in total. The number of amides is 2. The highest BCUT2D eigenvalue weighted by atomic mass is 16.4. The lowest BCUT2D eigenvalue weighted by molar-refractivity contribution is -0.140. The second-order valence-corrected chi connectivity index (χ2v) is 4.79. The molecule has 0 heterocycles. The Morgan fingerprint density at radius 3 is 2.05 bits per heavy atom. The third-order valence-corrected chi connectivity index (χ3v) is 2.77. The molecule has 6 heteroatoms. The van der Waals surface area contributed by atoms with E-state index in [1.807, 2.05) is 0 Å². The molecule has 1 aromatic carbocycles. The van der Waals surface area contributed by atoms with E-state index in [0.717, 1.165) is 0 Å². The number of aliphatic carboxylic acids is 1. The molecule has 1 rings (SSSR count). The summed E-state index contributed by atoms with van der Waals surface area (Å²) < 4.78 is 0. The van der Waals surface area contributed by atoms with Crippen molar-refractivity contribution in [1.82, 2.24) is 5.32 Å². The number of urea groups is 1. The van der Waals surface area contributed by atoms with Crippen LogP contribution in [0.5, 0.6) is 0 Å². The first-order valence-corrected chi connectivity index (χ1v) is 6.22. The van der Waals surface area contributed by atoms with Crippen LogP contribution in [0.4, 0.5) is 10.5 Å². The molecule has 0 spiro atoms. The fraction of sp³-hybridized carbons (Fsp3) is 0.357. The van der Waals surface area contributed by atoms with Crippen molar-refractivity contribution < 1.29 is 19.5 Å². The van der Waals surface area contributed by atoms with Crippen molar-refractivity contribution in [2.24, 2.45) is 5.92 Å². The van der Waals surface area contributed by atoms with E-state index in [1.54, 1.807) is 38.1 Å². The highest BCUT2D eigenvalue weighted by Crippen LogP contribution is 2.10. The monoisotopic (exact) mass is 278 g/mol. The number of ketones is 1. The SMILES string of the molecule is CC(=O)c1ccc(NC(=O)N[C@@H](C(=O)O)C(C)C)cc1. The van der Waals surface area contributed by atoms with Crippen LogP contribution >= 0.6 is 0 Å². The number of carboxylic acid groups (broad SMARTS) is 1. The van der Waals surface area contributed by atoms with Crippen LogP contribution in [0.15, 0.2) is 24.3 Å². The first kappa shape index (κ1) is 15.7. The van der Waals surface area contributed by atoms with Crippen molar-refractivity contribution in [2.45, 2.75) is 26.8 Å². The van der Waals surface area contributed by atoms with Crippen molar-refractivity contribution in [3.63, 3.8) is 0 Å². The van der Waals surface area contributed by atoms with Gasteiger partial charge in [-0.1, -0.05) is 13.8 Å². The van der Waals surface area contributed by atoms with Crippen molar-refractivity contribution in [2.75, 3.05) is 5.32 Å². The number of anilines is 1. The van der Waals surface area contributed by atoms with Gasteiger partial charge in [0, 0.05) is 11.3 Å². The Kier molecular flexibility index (Phi) is 5.25. The van der Waals surface area contributed by atoms with Crippen LogP contribution < -0.4 is 10.6 Å². The number of nitrogens with one attached hydrogen (secondary N) is 2. The summed E-state index contributed by atoms with van der Waals surface area (Å²) in [5.41, 5.74) is 1.03. The number of hydrogen-bond acceptors (Lipinski definition) is 3. The lowest BCUT2D eigenvalue weighted by atomic mass is 10.1. The van der Waals surface area contributed by atoms with Crippen molar-refractivity contribution >= 4 is 23.5 Å². The van der Waals surface area contributed by atoms with Crippen molar-refractivity contribution in [3.05, 3.63) is 29.8 Å². The van der Waals surface area contributed by atoms with Crippen LogP contribution in [-0.4, -0.2) is 28.9 Å². The molecule has 0 saturated carbocycles. The molecule has 0 aliphatic carbocycles. The van der Waals surface area contributed by atoms with Crippen molar-refractivity contribution in [3.8, 4) is 0 Å². The summed E-state index contributed by atoms with van der Waals surface area (Å²) in [5.74, 6) is -1.37. The topological polar surface area (TPSA) is 95.5 Å². The fourth-order valence-corrected chi connectivity index (χ4v) is 1.61. The lowest BCUT2D eigenvalue weighted by Gasteiger charge is -2.18. The first-order chi connectivity index (χ1) is 9.31. The summed E-state index contributed by atoms with van der Waals surface area (Å²) >= 11 is 0. The number of benzene rings is 1. The minimum absolute atomic E-state index is 0.0632. The normalized spacial score (nSPS) is 11.8. The second kappa shape index (κ2) is 6.70. The largest absolute Gasteiger partial charge is 0.480 e. The number of carbonyl (C=O) groups is 3. The van der Waals surface area contributed by atoms with E-state index in [0.29, 0.717) is 11.3 Å². The average Bonchev–Trinajstić information content (AvgIpc) is 2.35. The van der Waals surface area contributed by atoms with Crippen LogP contribution in [0.2, 0.25) is 0 Å². The summed E-state index contributed by atoms with van der Waals surface area (Å²) in [7, 11) is 0. The minimum atomic E-state index is -1.08. The summed E-state index contributed by atoms with van der Waals surface area (Å²) in [6.45, 7) is 4.87. The summed E-state index contributed by atoms with van der Waals surface area (Å²) in [4.78, 5) is 33.8. The number of carboxylic acids is 1. The summed E-state index contributed by atoms with van der Waals surface area (Å²) in [6.07, 6.45) is 0. The van der Waals surface area contributed by atoms with E-state index >= 15 is 0 Å².